The minimum atomic E-state index is -0.806. The average Bonchev–Trinajstić information content (AvgIpc) is 3.68. The smallest absolute Gasteiger partial charge is 0.323 e. The lowest BCUT2D eigenvalue weighted by molar-refractivity contribution is -0.147. The zero-order valence-corrected chi connectivity index (χ0v) is 22.0. The number of nitrogens with one attached hydrogen (secondary N) is 2. The number of nitrogens with zero attached hydrogens (tertiary/aromatic N) is 7. The first kappa shape index (κ1) is 25.4. The maximum absolute atomic E-state index is 15.3. The number of carbonyl (C=O) groups is 1. The van der Waals surface area contributed by atoms with Gasteiger partial charge >= 0.3 is 11.7 Å². The van der Waals surface area contributed by atoms with Gasteiger partial charge in [-0.15, -0.1) is 5.10 Å². The van der Waals surface area contributed by atoms with Gasteiger partial charge in [0.2, 0.25) is 0 Å². The maximum atomic E-state index is 15.3. The summed E-state index contributed by atoms with van der Waals surface area (Å²) in [6.07, 6.45) is 1.64. The van der Waals surface area contributed by atoms with Crippen LogP contribution in [0.15, 0.2) is 65.6 Å². The van der Waals surface area contributed by atoms with E-state index in [-0.39, 0.29) is 17.1 Å². The van der Waals surface area contributed by atoms with Gasteiger partial charge in [0.15, 0.2) is 5.82 Å². The Bertz CT molecular complexity index is 2110. The minimum absolute atomic E-state index is 0.107. The molecule has 0 atom stereocenters. The summed E-state index contributed by atoms with van der Waals surface area (Å²) in [4.78, 5) is 30.4. The summed E-state index contributed by atoms with van der Waals surface area (Å²) in [6.45, 7) is 1.76. The molecule has 6 aromatic rings. The molecule has 1 fully saturated rings. The molecule has 7 rings (SSSR count). The number of H-pyrrole nitrogens is 2. The van der Waals surface area contributed by atoms with Gasteiger partial charge in [0.1, 0.15) is 5.52 Å². The summed E-state index contributed by atoms with van der Waals surface area (Å²) < 4.78 is 18.6. The molecule has 0 aliphatic carbocycles. The first-order valence-corrected chi connectivity index (χ1v) is 13.1. The molecular formula is C29H22FN9O3. The van der Waals surface area contributed by atoms with Gasteiger partial charge in [-0.1, -0.05) is 11.3 Å². The van der Waals surface area contributed by atoms with E-state index in [2.05, 4.69) is 31.4 Å². The van der Waals surface area contributed by atoms with Crippen molar-refractivity contribution in [2.24, 2.45) is 5.92 Å². The quantitative estimate of drug-likeness (QED) is 0.267. The van der Waals surface area contributed by atoms with Crippen LogP contribution in [0.4, 0.5) is 4.39 Å². The van der Waals surface area contributed by atoms with Gasteiger partial charge in [0.05, 0.1) is 52.0 Å². The second kappa shape index (κ2) is 9.79. The van der Waals surface area contributed by atoms with Crippen LogP contribution < -0.4 is 5.69 Å². The molecule has 0 bridgehead atoms. The van der Waals surface area contributed by atoms with Crippen molar-refractivity contribution in [3.8, 4) is 23.0 Å². The Morgan fingerprint density at radius 3 is 2.69 bits per heavy atom. The maximum Gasteiger partial charge on any atom is 0.323 e. The Morgan fingerprint density at radius 1 is 1.05 bits per heavy atom. The van der Waals surface area contributed by atoms with Crippen molar-refractivity contribution in [2.45, 2.75) is 13.1 Å². The van der Waals surface area contributed by atoms with E-state index in [1.54, 1.807) is 47.3 Å². The number of aliphatic carboxylic acids is 1. The number of benzene rings is 3. The highest BCUT2D eigenvalue weighted by Gasteiger charge is 2.32. The molecule has 3 aromatic heterocycles. The highest BCUT2D eigenvalue weighted by Crippen LogP contribution is 2.29. The van der Waals surface area contributed by atoms with Crippen molar-refractivity contribution in [2.75, 3.05) is 13.1 Å². The number of imidazole rings is 1. The number of rotatable bonds is 7. The first-order valence-electron chi connectivity index (χ1n) is 13.1. The third-order valence-electron chi connectivity index (χ3n) is 7.62. The van der Waals surface area contributed by atoms with E-state index in [9.17, 15) is 20.0 Å². The number of aromatic amines is 2. The molecule has 1 saturated heterocycles. The summed E-state index contributed by atoms with van der Waals surface area (Å²) >= 11 is 0. The Morgan fingerprint density at radius 2 is 1.88 bits per heavy atom. The predicted molar refractivity (Wildman–Crippen MR) is 149 cm³/mol. The topological polar surface area (TPSA) is 162 Å². The number of hydrogen-bond donors (Lipinski definition) is 3. The van der Waals surface area contributed by atoms with Crippen LogP contribution in [0.3, 0.4) is 0 Å². The molecule has 1 aliphatic rings. The second-order valence-electron chi connectivity index (χ2n) is 10.3. The largest absolute Gasteiger partial charge is 0.481 e. The molecule has 0 saturated carbocycles. The van der Waals surface area contributed by atoms with Gasteiger partial charge in [0, 0.05) is 31.4 Å². The van der Waals surface area contributed by atoms with Crippen molar-refractivity contribution in [3.05, 3.63) is 93.8 Å². The monoisotopic (exact) mass is 563 g/mol. The minimum Gasteiger partial charge on any atom is -0.481 e. The summed E-state index contributed by atoms with van der Waals surface area (Å²) in [5.41, 5.74) is 5.62. The zero-order chi connectivity index (χ0) is 29.0. The number of aromatic nitrogens is 7. The SMILES string of the molecule is N#Cc1ccc(Cn2nccc2-c2cc(F)c3nnn(-c4ccc5[nH]c(=O)[nH]c5c4)c3c2)c(CN2CC(C(=O)O)C2)c1. The number of likely N-dealkylation sites (tertiary alicyclic amines) is 1. The lowest BCUT2D eigenvalue weighted by Gasteiger charge is -2.37. The summed E-state index contributed by atoms with van der Waals surface area (Å²) in [7, 11) is 0. The second-order valence-corrected chi connectivity index (χ2v) is 10.3. The third-order valence-corrected chi connectivity index (χ3v) is 7.62. The summed E-state index contributed by atoms with van der Waals surface area (Å²) in [5.74, 6) is -1.73. The van der Waals surface area contributed by atoms with E-state index in [4.69, 9.17) is 0 Å². The van der Waals surface area contributed by atoms with Crippen molar-refractivity contribution >= 4 is 28.0 Å². The van der Waals surface area contributed by atoms with E-state index < -0.39 is 11.8 Å². The fourth-order valence-electron chi connectivity index (χ4n) is 5.43. The van der Waals surface area contributed by atoms with Crippen LogP contribution in [0, 0.1) is 23.1 Å². The predicted octanol–water partition coefficient (Wildman–Crippen LogP) is 3.03. The Balaban J connectivity index is 1.23. The number of carboxylic acids is 1. The van der Waals surface area contributed by atoms with Crippen LogP contribution >= 0.6 is 0 Å². The van der Waals surface area contributed by atoms with Crippen LogP contribution in [-0.4, -0.2) is 63.8 Å². The van der Waals surface area contributed by atoms with Gasteiger partial charge in [-0.05, 0) is 59.7 Å². The molecule has 0 radical (unpaired) electrons. The van der Waals surface area contributed by atoms with Crippen LogP contribution in [0.2, 0.25) is 0 Å². The summed E-state index contributed by atoms with van der Waals surface area (Å²) in [5, 5.41) is 31.4. The number of hydrogen-bond acceptors (Lipinski definition) is 7. The molecule has 4 heterocycles. The van der Waals surface area contributed by atoms with Gasteiger partial charge in [-0.2, -0.15) is 10.4 Å². The fourth-order valence-corrected chi connectivity index (χ4v) is 5.43. The van der Waals surface area contributed by atoms with Crippen molar-refractivity contribution in [1.29, 1.82) is 5.26 Å². The van der Waals surface area contributed by atoms with Crippen molar-refractivity contribution < 1.29 is 14.3 Å². The standard InChI is InChI=1S/C29H22FN9O3/c30-22-8-18(9-26-27(22)35-36-39(26)21-3-4-23-24(10-21)34-29(42)33-23)25-5-6-32-38(25)15-17-2-1-16(11-31)7-19(17)12-37-13-20(14-37)28(40)41/h1-10,20H,12-15H2,(H,40,41)(H2,33,34,42). The molecule has 1 aliphatic heterocycles. The highest BCUT2D eigenvalue weighted by atomic mass is 19.1. The lowest BCUT2D eigenvalue weighted by Crippen LogP contribution is -2.49. The van der Waals surface area contributed by atoms with Gasteiger partial charge in [-0.3, -0.25) is 14.4 Å². The van der Waals surface area contributed by atoms with Crippen LogP contribution in [0.1, 0.15) is 16.7 Å². The number of fused-ring (bicyclic) bond motifs is 2. The zero-order valence-electron chi connectivity index (χ0n) is 22.0. The Kier molecular flexibility index (Phi) is 5.91. The molecule has 0 amide bonds. The fraction of sp³-hybridized carbons (Fsp3) is 0.172. The molecule has 13 heteroatoms. The normalized spacial score (nSPS) is 13.9. The van der Waals surface area contributed by atoms with Gasteiger partial charge in [-0.25, -0.2) is 13.9 Å². The van der Waals surface area contributed by atoms with Crippen molar-refractivity contribution in [1.82, 2.24) is 39.6 Å². The molecule has 208 valence electrons. The highest BCUT2D eigenvalue weighted by molar-refractivity contribution is 5.84. The van der Waals surface area contributed by atoms with E-state index in [1.165, 1.54) is 10.7 Å². The van der Waals surface area contributed by atoms with Gasteiger partial charge < -0.3 is 15.1 Å². The molecule has 12 nitrogen and oxygen atoms in total. The molecule has 0 unspecified atom stereocenters. The lowest BCUT2D eigenvalue weighted by atomic mass is 9.97. The van der Waals surface area contributed by atoms with E-state index >= 15 is 4.39 Å². The van der Waals surface area contributed by atoms with Crippen LogP contribution in [0.25, 0.3) is 39.0 Å². The molecule has 3 N–H and O–H groups in total. The average molecular weight is 564 g/mol. The molecular weight excluding hydrogens is 541 g/mol. The Hall–Kier alpha value is -5.61. The number of halogens is 1. The molecule has 42 heavy (non-hydrogen) atoms. The number of nitriles is 1. The van der Waals surface area contributed by atoms with E-state index in [0.29, 0.717) is 65.2 Å². The summed E-state index contributed by atoms with van der Waals surface area (Å²) in [6, 6.07) is 17.8. The molecule has 0 spiro atoms. The van der Waals surface area contributed by atoms with Crippen LogP contribution in [0.5, 0.6) is 0 Å². The first-order chi connectivity index (χ1) is 20.4. The van der Waals surface area contributed by atoms with Crippen LogP contribution in [-0.2, 0) is 17.9 Å². The Labute approximate surface area is 236 Å². The van der Waals surface area contributed by atoms with E-state index in [0.717, 1.165) is 11.1 Å². The van der Waals surface area contributed by atoms with Gasteiger partial charge in [0.25, 0.3) is 0 Å². The van der Waals surface area contributed by atoms with E-state index in [1.807, 2.05) is 17.0 Å². The van der Waals surface area contributed by atoms with Crippen molar-refractivity contribution in [3.63, 3.8) is 0 Å². The third kappa shape index (κ3) is 4.40. The number of carboxylic acid groups (broad SMARTS) is 1. The molecule has 3 aromatic carbocycles.